The third kappa shape index (κ3) is 2.66. The molecule has 2 aromatic carbocycles. The molecule has 1 amide bonds. The minimum atomic E-state index is -1.01. The van der Waals surface area contributed by atoms with Gasteiger partial charge in [-0.2, -0.15) is 0 Å². The Hall–Kier alpha value is -2.36. The summed E-state index contributed by atoms with van der Waals surface area (Å²) in [6.07, 6.45) is 4.60. The molecule has 2 aromatic rings. The lowest BCUT2D eigenvalue weighted by atomic mass is 10.0. The average molecular weight is 323 g/mol. The van der Waals surface area contributed by atoms with Crippen molar-refractivity contribution in [3.05, 3.63) is 48.0 Å². The molecule has 24 heavy (non-hydrogen) atoms. The van der Waals surface area contributed by atoms with E-state index in [1.54, 1.807) is 6.07 Å². The molecular weight excluding hydrogens is 302 g/mol. The van der Waals surface area contributed by atoms with E-state index in [2.05, 4.69) is 5.32 Å². The molecule has 0 heterocycles. The minimum absolute atomic E-state index is 0.0230. The number of fused-ring (bicyclic) bond motifs is 2. The second-order valence-electron chi connectivity index (χ2n) is 7.02. The highest BCUT2D eigenvalue weighted by Gasteiger charge is 2.55. The van der Waals surface area contributed by atoms with Crippen LogP contribution in [0.4, 0.5) is 0 Å². The fraction of sp³-hybridized carbons (Fsp3) is 0.400. The molecule has 0 aromatic heterocycles. The number of amides is 1. The fourth-order valence-corrected chi connectivity index (χ4v) is 4.29. The molecule has 2 fully saturated rings. The number of carboxylic acid groups (broad SMARTS) is 1. The van der Waals surface area contributed by atoms with Gasteiger partial charge in [0, 0.05) is 5.92 Å². The van der Waals surface area contributed by atoms with Gasteiger partial charge < -0.3 is 10.4 Å². The average Bonchev–Trinajstić information content (AvgIpc) is 3.33. The van der Waals surface area contributed by atoms with Crippen LogP contribution in [0.15, 0.2) is 42.5 Å². The lowest BCUT2D eigenvalue weighted by Crippen LogP contribution is -2.35. The Morgan fingerprint density at radius 2 is 1.67 bits per heavy atom. The number of hydrogen-bond donors (Lipinski definition) is 2. The Kier molecular flexibility index (Phi) is 3.75. The number of carbonyl (C=O) groups excluding carboxylic acids is 1. The zero-order chi connectivity index (χ0) is 16.7. The summed E-state index contributed by atoms with van der Waals surface area (Å²) < 4.78 is 0. The van der Waals surface area contributed by atoms with Crippen molar-refractivity contribution in [2.75, 3.05) is 0 Å². The topological polar surface area (TPSA) is 66.4 Å². The summed E-state index contributed by atoms with van der Waals surface area (Å²) in [5.41, 5.74) is 0.623. The third-order valence-corrected chi connectivity index (χ3v) is 5.60. The van der Waals surface area contributed by atoms with Crippen LogP contribution in [0, 0.1) is 17.8 Å². The molecule has 3 atom stereocenters. The summed E-state index contributed by atoms with van der Waals surface area (Å²) in [4.78, 5) is 24.3. The molecule has 0 radical (unpaired) electrons. The highest BCUT2D eigenvalue weighted by molar-refractivity contribution is 5.89. The summed E-state index contributed by atoms with van der Waals surface area (Å²) in [5, 5.41) is 14.4. The minimum Gasteiger partial charge on any atom is -0.479 e. The molecule has 124 valence electrons. The standard InChI is InChI=1S/C20H21NO3/c22-19(17-15-7-3-4-8-16(15)17)21-18(20(23)24)14-10-9-12-5-1-2-6-13(12)11-14/h1-2,5-6,9-11,15-18H,3-4,7-8H2,(H,21,22)(H,23,24). The number of hydrogen-bond acceptors (Lipinski definition) is 2. The normalized spacial score (nSPS) is 26.4. The molecule has 2 N–H and O–H groups in total. The maximum atomic E-state index is 12.5. The summed E-state index contributed by atoms with van der Waals surface area (Å²) in [6.45, 7) is 0. The first-order valence-electron chi connectivity index (χ1n) is 8.67. The van der Waals surface area contributed by atoms with Crippen LogP contribution in [0.25, 0.3) is 10.8 Å². The number of rotatable bonds is 4. The van der Waals surface area contributed by atoms with Crippen LogP contribution in [-0.4, -0.2) is 17.0 Å². The monoisotopic (exact) mass is 323 g/mol. The number of carboxylic acids is 1. The summed E-state index contributed by atoms with van der Waals surface area (Å²) in [6, 6.07) is 12.4. The van der Waals surface area contributed by atoms with E-state index in [1.165, 1.54) is 12.8 Å². The Labute approximate surface area is 140 Å². The van der Waals surface area contributed by atoms with Crippen molar-refractivity contribution in [3.8, 4) is 0 Å². The van der Waals surface area contributed by atoms with Gasteiger partial charge in [0.05, 0.1) is 0 Å². The van der Waals surface area contributed by atoms with E-state index in [0.717, 1.165) is 23.6 Å². The first-order valence-corrected chi connectivity index (χ1v) is 8.67. The van der Waals surface area contributed by atoms with Gasteiger partial charge in [0.1, 0.15) is 0 Å². The summed E-state index contributed by atoms with van der Waals surface area (Å²) >= 11 is 0. The Balaban J connectivity index is 1.55. The maximum absolute atomic E-state index is 12.5. The Morgan fingerprint density at radius 3 is 2.33 bits per heavy atom. The van der Waals surface area contributed by atoms with Crippen LogP contribution >= 0.6 is 0 Å². The van der Waals surface area contributed by atoms with Gasteiger partial charge >= 0.3 is 5.97 Å². The molecule has 2 saturated carbocycles. The van der Waals surface area contributed by atoms with Crippen molar-refractivity contribution in [2.45, 2.75) is 31.7 Å². The molecule has 0 saturated heterocycles. The molecule has 0 bridgehead atoms. The molecule has 0 aliphatic heterocycles. The van der Waals surface area contributed by atoms with E-state index in [0.29, 0.717) is 17.4 Å². The fourth-order valence-electron chi connectivity index (χ4n) is 4.29. The van der Waals surface area contributed by atoms with E-state index in [9.17, 15) is 14.7 Å². The first kappa shape index (κ1) is 15.2. The van der Waals surface area contributed by atoms with Crippen LogP contribution in [0.2, 0.25) is 0 Å². The number of carbonyl (C=O) groups is 2. The molecule has 4 nitrogen and oxygen atoms in total. The maximum Gasteiger partial charge on any atom is 0.330 e. The van der Waals surface area contributed by atoms with Crippen LogP contribution in [-0.2, 0) is 9.59 Å². The largest absolute Gasteiger partial charge is 0.479 e. The highest BCUT2D eigenvalue weighted by atomic mass is 16.4. The van der Waals surface area contributed by atoms with E-state index >= 15 is 0 Å². The molecule has 2 aliphatic carbocycles. The van der Waals surface area contributed by atoms with Gasteiger partial charge in [0.25, 0.3) is 0 Å². The van der Waals surface area contributed by atoms with E-state index in [1.807, 2.05) is 36.4 Å². The van der Waals surface area contributed by atoms with Gasteiger partial charge in [-0.05, 0) is 47.1 Å². The first-order chi connectivity index (χ1) is 11.6. The second kappa shape index (κ2) is 5.93. The van der Waals surface area contributed by atoms with Crippen molar-refractivity contribution < 1.29 is 14.7 Å². The van der Waals surface area contributed by atoms with E-state index in [-0.39, 0.29) is 11.8 Å². The van der Waals surface area contributed by atoms with Gasteiger partial charge in [-0.3, -0.25) is 4.79 Å². The van der Waals surface area contributed by atoms with Gasteiger partial charge in [-0.25, -0.2) is 4.79 Å². The highest BCUT2D eigenvalue weighted by Crippen LogP contribution is 2.55. The lowest BCUT2D eigenvalue weighted by Gasteiger charge is -2.16. The van der Waals surface area contributed by atoms with Gasteiger partial charge in [-0.1, -0.05) is 49.2 Å². The molecule has 3 unspecified atom stereocenters. The Bertz CT molecular complexity index is 788. The zero-order valence-corrected chi connectivity index (χ0v) is 13.4. The van der Waals surface area contributed by atoms with Crippen molar-refractivity contribution >= 4 is 22.6 Å². The van der Waals surface area contributed by atoms with Crippen LogP contribution in [0.5, 0.6) is 0 Å². The SMILES string of the molecule is O=C(O)C(NC(=O)C1C2CCCCC21)c1ccc2ccccc2c1. The molecule has 0 spiro atoms. The van der Waals surface area contributed by atoms with Gasteiger partial charge in [0.2, 0.25) is 5.91 Å². The molecular formula is C20H21NO3. The van der Waals surface area contributed by atoms with Crippen molar-refractivity contribution in [3.63, 3.8) is 0 Å². The molecule has 4 heteroatoms. The van der Waals surface area contributed by atoms with Crippen LogP contribution in [0.3, 0.4) is 0 Å². The summed E-state index contributed by atoms with van der Waals surface area (Å²) in [7, 11) is 0. The smallest absolute Gasteiger partial charge is 0.330 e. The predicted molar refractivity (Wildman–Crippen MR) is 91.4 cm³/mol. The third-order valence-electron chi connectivity index (χ3n) is 5.60. The lowest BCUT2D eigenvalue weighted by molar-refractivity contribution is -0.142. The summed E-state index contributed by atoms with van der Waals surface area (Å²) in [5.74, 6) is -0.126. The van der Waals surface area contributed by atoms with Crippen molar-refractivity contribution in [1.29, 1.82) is 0 Å². The Morgan fingerprint density at radius 1 is 1.00 bits per heavy atom. The predicted octanol–water partition coefficient (Wildman–Crippen LogP) is 3.52. The van der Waals surface area contributed by atoms with Crippen LogP contribution in [0.1, 0.15) is 37.3 Å². The molecule has 2 aliphatic rings. The number of nitrogens with one attached hydrogen (secondary N) is 1. The van der Waals surface area contributed by atoms with Crippen molar-refractivity contribution in [1.82, 2.24) is 5.32 Å². The zero-order valence-electron chi connectivity index (χ0n) is 13.4. The number of aliphatic carboxylic acids is 1. The van der Waals surface area contributed by atoms with Gasteiger partial charge in [-0.15, -0.1) is 0 Å². The second-order valence-corrected chi connectivity index (χ2v) is 7.02. The quantitative estimate of drug-likeness (QED) is 0.905. The molecule has 4 rings (SSSR count). The van der Waals surface area contributed by atoms with Crippen LogP contribution < -0.4 is 5.32 Å². The van der Waals surface area contributed by atoms with Crippen molar-refractivity contribution in [2.24, 2.45) is 17.8 Å². The van der Waals surface area contributed by atoms with E-state index in [4.69, 9.17) is 0 Å². The van der Waals surface area contributed by atoms with Gasteiger partial charge in [0.15, 0.2) is 6.04 Å². The number of benzene rings is 2. The van der Waals surface area contributed by atoms with E-state index < -0.39 is 12.0 Å².